The third kappa shape index (κ3) is 5.21. The van der Waals surface area contributed by atoms with Crippen molar-refractivity contribution in [2.75, 3.05) is 12.1 Å². The number of ether oxygens (including phenoxy) is 3. The smallest absolute Gasteiger partial charge is 0.416 e. The lowest BCUT2D eigenvalue weighted by Crippen LogP contribution is -2.48. The Morgan fingerprint density at radius 1 is 1.07 bits per heavy atom. The van der Waals surface area contributed by atoms with Crippen LogP contribution in [0.4, 0.5) is 23.7 Å². The van der Waals surface area contributed by atoms with E-state index in [-0.39, 0.29) is 12.5 Å². The van der Waals surface area contributed by atoms with Crippen LogP contribution >= 0.6 is 0 Å². The van der Waals surface area contributed by atoms with E-state index in [4.69, 9.17) is 14.2 Å². The fraction of sp³-hybridized carbons (Fsp3) is 0.222. The molecule has 0 bridgehead atoms. The van der Waals surface area contributed by atoms with Gasteiger partial charge < -0.3 is 19.5 Å². The first kappa shape index (κ1) is 20.1. The maximum absolute atomic E-state index is 12.7. The molecule has 1 atom stereocenters. The quantitative estimate of drug-likeness (QED) is 0.672. The molecule has 2 aromatic carbocycles. The summed E-state index contributed by atoms with van der Waals surface area (Å²) in [5.41, 5.74) is 3.16. The molecular weight excluding hydrogens is 395 g/mol. The number of alkyl halides is 3. The second kappa shape index (κ2) is 8.17. The van der Waals surface area contributed by atoms with Gasteiger partial charge in [-0.3, -0.25) is 10.2 Å². The maximum atomic E-state index is 12.7. The predicted molar refractivity (Wildman–Crippen MR) is 94.4 cm³/mol. The van der Waals surface area contributed by atoms with Crippen molar-refractivity contribution >= 4 is 17.6 Å². The minimum absolute atomic E-state index is 0.0868. The number of hydrazine groups is 1. The summed E-state index contributed by atoms with van der Waals surface area (Å²) in [4.78, 5) is 23.8. The molecule has 29 heavy (non-hydrogen) atoms. The van der Waals surface area contributed by atoms with Gasteiger partial charge in [0.15, 0.2) is 17.6 Å². The van der Waals surface area contributed by atoms with Crippen molar-refractivity contribution in [2.24, 2.45) is 0 Å². The van der Waals surface area contributed by atoms with E-state index in [2.05, 4.69) is 10.7 Å². The van der Waals surface area contributed by atoms with Gasteiger partial charge in [0.05, 0.1) is 5.56 Å². The fourth-order valence-corrected chi connectivity index (χ4v) is 2.36. The first-order valence-corrected chi connectivity index (χ1v) is 8.33. The van der Waals surface area contributed by atoms with Crippen molar-refractivity contribution in [1.29, 1.82) is 0 Å². The average molecular weight is 411 g/mol. The number of carbonyl (C=O) groups excluding carboxylic acids is 2. The fourth-order valence-electron chi connectivity index (χ4n) is 2.36. The highest BCUT2D eigenvalue weighted by molar-refractivity contribution is 5.91. The van der Waals surface area contributed by atoms with Crippen molar-refractivity contribution in [3.05, 3.63) is 48.0 Å². The molecule has 0 spiro atoms. The molecule has 1 aliphatic rings. The Morgan fingerprint density at radius 3 is 2.59 bits per heavy atom. The van der Waals surface area contributed by atoms with Gasteiger partial charge in [-0.2, -0.15) is 13.2 Å². The number of amides is 3. The molecule has 0 saturated heterocycles. The van der Waals surface area contributed by atoms with Gasteiger partial charge in [-0.1, -0.05) is 6.07 Å². The second-order valence-corrected chi connectivity index (χ2v) is 5.92. The number of urea groups is 1. The zero-order valence-electron chi connectivity index (χ0n) is 15.0. The van der Waals surface area contributed by atoms with Gasteiger partial charge in [0, 0.05) is 11.8 Å². The molecule has 3 N–H and O–H groups in total. The van der Waals surface area contributed by atoms with Gasteiger partial charge >= 0.3 is 12.2 Å². The number of halogens is 3. The molecule has 3 amide bonds. The number of hydrogen-bond acceptors (Lipinski definition) is 5. The molecule has 0 aromatic heterocycles. The third-order valence-corrected chi connectivity index (χ3v) is 3.77. The van der Waals surface area contributed by atoms with Crippen molar-refractivity contribution in [1.82, 2.24) is 10.9 Å². The van der Waals surface area contributed by atoms with Gasteiger partial charge in [-0.05, 0) is 37.3 Å². The lowest BCUT2D eigenvalue weighted by molar-refractivity contribution is -0.137. The van der Waals surface area contributed by atoms with E-state index in [1.165, 1.54) is 13.0 Å². The van der Waals surface area contributed by atoms with Crippen LogP contribution in [0.25, 0.3) is 0 Å². The molecule has 0 fully saturated rings. The summed E-state index contributed by atoms with van der Waals surface area (Å²) in [7, 11) is 0. The van der Waals surface area contributed by atoms with Crippen LogP contribution in [0.5, 0.6) is 17.2 Å². The molecular formula is C18H16F3N3O5. The van der Waals surface area contributed by atoms with Crippen molar-refractivity contribution in [3.63, 3.8) is 0 Å². The van der Waals surface area contributed by atoms with Gasteiger partial charge in [0.25, 0.3) is 5.91 Å². The number of anilines is 1. The van der Waals surface area contributed by atoms with Crippen molar-refractivity contribution in [2.45, 2.75) is 19.2 Å². The lowest BCUT2D eigenvalue weighted by Gasteiger charge is -2.16. The van der Waals surface area contributed by atoms with Crippen LogP contribution in [0, 0.1) is 0 Å². The number of benzene rings is 2. The van der Waals surface area contributed by atoms with Crippen LogP contribution in [0.2, 0.25) is 0 Å². The standard InChI is InChI=1S/C18H16F3N3O5/c1-10(29-13-5-6-14-15(8-13)28-9-27-14)16(25)23-24-17(26)22-12-4-2-3-11(7-12)18(19,20)21/h2-8,10H,9H2,1H3,(H,23,25)(H2,22,24,26)/t10-/m0/s1. The largest absolute Gasteiger partial charge is 0.481 e. The summed E-state index contributed by atoms with van der Waals surface area (Å²) in [6.45, 7) is 1.55. The molecule has 2 aromatic rings. The number of rotatable bonds is 4. The third-order valence-electron chi connectivity index (χ3n) is 3.77. The van der Waals surface area contributed by atoms with E-state index in [0.717, 1.165) is 18.2 Å². The topological polar surface area (TPSA) is 97.9 Å². The normalized spacial score (nSPS) is 13.4. The Kier molecular flexibility index (Phi) is 5.66. The summed E-state index contributed by atoms with van der Waals surface area (Å²) in [6.07, 6.45) is -5.52. The highest BCUT2D eigenvalue weighted by Gasteiger charge is 2.30. The van der Waals surface area contributed by atoms with Crippen LogP contribution in [0.15, 0.2) is 42.5 Å². The van der Waals surface area contributed by atoms with E-state index in [0.29, 0.717) is 17.2 Å². The lowest BCUT2D eigenvalue weighted by atomic mass is 10.2. The second-order valence-electron chi connectivity index (χ2n) is 5.92. The molecule has 0 unspecified atom stereocenters. The molecule has 1 aliphatic heterocycles. The number of fused-ring (bicyclic) bond motifs is 1. The monoisotopic (exact) mass is 411 g/mol. The van der Waals surface area contributed by atoms with Gasteiger partial charge in [0.1, 0.15) is 5.75 Å². The Morgan fingerprint density at radius 2 is 1.83 bits per heavy atom. The summed E-state index contributed by atoms with van der Waals surface area (Å²) in [5.74, 6) is 0.711. The van der Waals surface area contributed by atoms with E-state index >= 15 is 0 Å². The van der Waals surface area contributed by atoms with Crippen molar-refractivity contribution in [3.8, 4) is 17.2 Å². The van der Waals surface area contributed by atoms with Gasteiger partial charge in [-0.25, -0.2) is 10.2 Å². The number of nitrogens with one attached hydrogen (secondary N) is 3. The Labute approximate surface area is 162 Å². The minimum atomic E-state index is -4.54. The van der Waals surface area contributed by atoms with Crippen LogP contribution in [-0.2, 0) is 11.0 Å². The van der Waals surface area contributed by atoms with Gasteiger partial charge in [-0.15, -0.1) is 0 Å². The highest BCUT2D eigenvalue weighted by atomic mass is 19.4. The molecule has 3 rings (SSSR count). The van der Waals surface area contributed by atoms with E-state index < -0.39 is 29.8 Å². The Balaban J connectivity index is 1.49. The minimum Gasteiger partial charge on any atom is -0.481 e. The van der Waals surface area contributed by atoms with Crippen molar-refractivity contribution < 1.29 is 37.0 Å². The maximum Gasteiger partial charge on any atom is 0.416 e. The Hall–Kier alpha value is -3.63. The summed E-state index contributed by atoms with van der Waals surface area (Å²) >= 11 is 0. The zero-order chi connectivity index (χ0) is 21.0. The van der Waals surface area contributed by atoms with Crippen LogP contribution in [-0.4, -0.2) is 24.8 Å². The number of hydrogen-bond donors (Lipinski definition) is 3. The van der Waals surface area contributed by atoms with Crippen LogP contribution in [0.3, 0.4) is 0 Å². The molecule has 8 nitrogen and oxygen atoms in total. The first-order valence-electron chi connectivity index (χ1n) is 8.33. The average Bonchev–Trinajstić information content (AvgIpc) is 3.13. The summed E-state index contributed by atoms with van der Waals surface area (Å²) < 4.78 is 53.9. The SMILES string of the molecule is C[C@H](Oc1ccc2c(c1)OCO2)C(=O)NNC(=O)Nc1cccc(C(F)(F)F)c1. The highest BCUT2D eigenvalue weighted by Crippen LogP contribution is 2.35. The molecule has 11 heteroatoms. The molecule has 0 aliphatic carbocycles. The first-order chi connectivity index (χ1) is 13.7. The van der Waals surface area contributed by atoms with Crippen LogP contribution in [0.1, 0.15) is 12.5 Å². The summed E-state index contributed by atoms with van der Waals surface area (Å²) in [5, 5.41) is 2.19. The Bertz CT molecular complexity index is 920. The predicted octanol–water partition coefficient (Wildman–Crippen LogP) is 3.05. The molecule has 0 radical (unpaired) electrons. The summed E-state index contributed by atoms with van der Waals surface area (Å²) in [6, 6.07) is 7.93. The van der Waals surface area contributed by atoms with E-state index in [1.54, 1.807) is 18.2 Å². The number of carbonyl (C=O) groups is 2. The molecule has 0 saturated carbocycles. The van der Waals surface area contributed by atoms with E-state index in [9.17, 15) is 22.8 Å². The molecule has 1 heterocycles. The zero-order valence-corrected chi connectivity index (χ0v) is 15.0. The van der Waals surface area contributed by atoms with E-state index in [1.807, 2.05) is 5.43 Å². The van der Waals surface area contributed by atoms with Gasteiger partial charge in [0.2, 0.25) is 6.79 Å². The van der Waals surface area contributed by atoms with Crippen LogP contribution < -0.4 is 30.4 Å². The molecule has 154 valence electrons.